The van der Waals surface area contributed by atoms with Crippen molar-refractivity contribution >= 4 is 22.7 Å². The molecule has 5 heteroatoms. The van der Waals surface area contributed by atoms with Gasteiger partial charge in [0, 0.05) is 5.39 Å². The molecule has 22 heavy (non-hydrogen) atoms. The Morgan fingerprint density at radius 1 is 0.909 bits per heavy atom. The number of carbonyl (C=O) groups is 2. The maximum Gasteiger partial charge on any atom is 0.263 e. The van der Waals surface area contributed by atoms with Crippen molar-refractivity contribution in [1.29, 1.82) is 0 Å². The molecule has 1 aliphatic rings. The number of benzene rings is 2. The Kier molecular flexibility index (Phi) is 2.63. The van der Waals surface area contributed by atoms with E-state index in [1.165, 1.54) is 4.90 Å². The van der Waals surface area contributed by atoms with Crippen molar-refractivity contribution < 1.29 is 9.59 Å². The van der Waals surface area contributed by atoms with Gasteiger partial charge in [-0.2, -0.15) is 5.10 Å². The lowest BCUT2D eigenvalue weighted by Crippen LogP contribution is -2.32. The fraction of sp³-hybridized carbons (Fsp3) is 0.118. The van der Waals surface area contributed by atoms with Crippen LogP contribution in [-0.4, -0.2) is 26.5 Å². The molecule has 0 aliphatic carbocycles. The predicted molar refractivity (Wildman–Crippen MR) is 81.4 cm³/mol. The van der Waals surface area contributed by atoms with Crippen LogP contribution in [0.25, 0.3) is 10.9 Å². The molecule has 5 nitrogen and oxygen atoms in total. The Labute approximate surface area is 126 Å². The summed E-state index contributed by atoms with van der Waals surface area (Å²) in [6.07, 6.45) is 0. The highest BCUT2D eigenvalue weighted by molar-refractivity contribution is 6.21. The summed E-state index contributed by atoms with van der Waals surface area (Å²) >= 11 is 0. The van der Waals surface area contributed by atoms with Crippen LogP contribution in [0.5, 0.6) is 0 Å². The first-order chi connectivity index (χ1) is 10.7. The van der Waals surface area contributed by atoms with Crippen LogP contribution >= 0.6 is 0 Å². The Morgan fingerprint density at radius 3 is 2.18 bits per heavy atom. The van der Waals surface area contributed by atoms with Crippen LogP contribution < -0.4 is 0 Å². The van der Waals surface area contributed by atoms with Gasteiger partial charge in [0.15, 0.2) is 0 Å². The zero-order valence-corrected chi connectivity index (χ0v) is 12.0. The number of hydrogen-bond donors (Lipinski definition) is 0. The van der Waals surface area contributed by atoms with Gasteiger partial charge >= 0.3 is 0 Å². The number of para-hydroxylation sites is 1. The lowest BCUT2D eigenvalue weighted by molar-refractivity contribution is 0.0600. The van der Waals surface area contributed by atoms with E-state index in [9.17, 15) is 9.59 Å². The van der Waals surface area contributed by atoms with Gasteiger partial charge in [0.05, 0.1) is 22.3 Å². The molecule has 1 aromatic heterocycles. The quantitative estimate of drug-likeness (QED) is 0.682. The third-order valence-electron chi connectivity index (χ3n) is 4.00. The molecular weight excluding hydrogens is 278 g/mol. The fourth-order valence-corrected chi connectivity index (χ4v) is 2.90. The van der Waals surface area contributed by atoms with Gasteiger partial charge < -0.3 is 0 Å². The summed E-state index contributed by atoms with van der Waals surface area (Å²) in [5.74, 6) is -0.532. The second-order valence-electron chi connectivity index (χ2n) is 5.33. The van der Waals surface area contributed by atoms with Crippen molar-refractivity contribution in [1.82, 2.24) is 14.7 Å². The maximum absolute atomic E-state index is 12.4. The molecule has 2 aromatic carbocycles. The Bertz CT molecular complexity index is 892. The molecule has 0 bridgehead atoms. The average Bonchev–Trinajstić information content (AvgIpc) is 2.99. The summed E-state index contributed by atoms with van der Waals surface area (Å²) in [5, 5.41) is 5.48. The van der Waals surface area contributed by atoms with Crippen LogP contribution in [0.15, 0.2) is 48.5 Å². The summed E-state index contributed by atoms with van der Waals surface area (Å²) < 4.78 is 1.70. The smallest absolute Gasteiger partial charge is 0.263 e. The molecule has 1 aliphatic heterocycles. The standard InChI is InChI=1S/C17H13N3O2/c1-11-12-6-4-5-9-15(12)20(18-11)10-19-16(21)13-7-2-3-8-14(13)17(19)22/h2-9H,10H2,1H3. The second kappa shape index (κ2) is 4.53. The van der Waals surface area contributed by atoms with Crippen molar-refractivity contribution in [2.45, 2.75) is 13.6 Å². The van der Waals surface area contributed by atoms with E-state index in [0.717, 1.165) is 16.6 Å². The summed E-state index contributed by atoms with van der Waals surface area (Å²) in [7, 11) is 0. The van der Waals surface area contributed by atoms with Crippen LogP contribution in [0.2, 0.25) is 0 Å². The van der Waals surface area contributed by atoms with Crippen molar-refractivity contribution in [3.63, 3.8) is 0 Å². The van der Waals surface area contributed by atoms with E-state index in [4.69, 9.17) is 0 Å². The van der Waals surface area contributed by atoms with E-state index in [0.29, 0.717) is 11.1 Å². The first-order valence-corrected chi connectivity index (χ1v) is 7.04. The molecule has 2 amide bonds. The molecule has 2 heterocycles. The van der Waals surface area contributed by atoms with Crippen molar-refractivity contribution in [3.8, 4) is 0 Å². The largest absolute Gasteiger partial charge is 0.269 e. The van der Waals surface area contributed by atoms with Gasteiger partial charge in [-0.05, 0) is 25.1 Å². The maximum atomic E-state index is 12.4. The van der Waals surface area contributed by atoms with Crippen molar-refractivity contribution in [2.75, 3.05) is 0 Å². The minimum atomic E-state index is -0.266. The number of rotatable bonds is 2. The molecule has 0 atom stereocenters. The minimum absolute atomic E-state index is 0.126. The number of carbonyl (C=O) groups excluding carboxylic acids is 2. The molecule has 0 spiro atoms. The molecule has 0 radical (unpaired) electrons. The van der Waals surface area contributed by atoms with Crippen LogP contribution in [-0.2, 0) is 6.67 Å². The predicted octanol–water partition coefficient (Wildman–Crippen LogP) is 2.60. The van der Waals surface area contributed by atoms with Gasteiger partial charge in [-0.25, -0.2) is 4.68 Å². The summed E-state index contributed by atoms with van der Waals surface area (Å²) in [4.78, 5) is 26.1. The zero-order valence-electron chi connectivity index (χ0n) is 12.0. The summed E-state index contributed by atoms with van der Waals surface area (Å²) in [6.45, 7) is 2.04. The van der Waals surface area contributed by atoms with Gasteiger partial charge in [0.1, 0.15) is 6.67 Å². The van der Waals surface area contributed by atoms with Crippen molar-refractivity contribution in [2.24, 2.45) is 0 Å². The van der Waals surface area contributed by atoms with Gasteiger partial charge in [0.25, 0.3) is 11.8 Å². The molecule has 0 saturated heterocycles. The molecule has 4 rings (SSSR count). The van der Waals surface area contributed by atoms with E-state index in [2.05, 4.69) is 5.10 Å². The van der Waals surface area contributed by atoms with Crippen LogP contribution in [0.4, 0.5) is 0 Å². The molecule has 0 saturated carbocycles. The minimum Gasteiger partial charge on any atom is -0.269 e. The van der Waals surface area contributed by atoms with Gasteiger partial charge in [-0.15, -0.1) is 0 Å². The third-order valence-corrected chi connectivity index (χ3v) is 4.00. The molecule has 3 aromatic rings. The topological polar surface area (TPSA) is 55.2 Å². The van der Waals surface area contributed by atoms with Crippen molar-refractivity contribution in [3.05, 3.63) is 65.4 Å². The number of nitrogens with zero attached hydrogens (tertiary/aromatic N) is 3. The van der Waals surface area contributed by atoms with E-state index in [1.54, 1.807) is 28.9 Å². The molecule has 0 fully saturated rings. The highest BCUT2D eigenvalue weighted by Crippen LogP contribution is 2.24. The fourth-order valence-electron chi connectivity index (χ4n) is 2.90. The Balaban J connectivity index is 1.76. The van der Waals surface area contributed by atoms with E-state index in [1.807, 2.05) is 31.2 Å². The lowest BCUT2D eigenvalue weighted by Gasteiger charge is -2.14. The monoisotopic (exact) mass is 291 g/mol. The van der Waals surface area contributed by atoms with Crippen LogP contribution in [0, 0.1) is 6.92 Å². The average molecular weight is 291 g/mol. The van der Waals surface area contributed by atoms with Gasteiger partial charge in [-0.3, -0.25) is 14.5 Å². The Hall–Kier alpha value is -2.95. The molecular formula is C17H13N3O2. The number of hydrogen-bond acceptors (Lipinski definition) is 3. The highest BCUT2D eigenvalue weighted by atomic mass is 16.2. The van der Waals surface area contributed by atoms with Crippen LogP contribution in [0.1, 0.15) is 26.4 Å². The van der Waals surface area contributed by atoms with E-state index < -0.39 is 0 Å². The SMILES string of the molecule is Cc1nn(CN2C(=O)c3ccccc3C2=O)c2ccccc12. The van der Waals surface area contributed by atoms with E-state index >= 15 is 0 Å². The summed E-state index contributed by atoms with van der Waals surface area (Å²) in [5.41, 5.74) is 2.71. The number of fused-ring (bicyclic) bond motifs is 2. The number of imide groups is 1. The van der Waals surface area contributed by atoms with Gasteiger partial charge in [0.2, 0.25) is 0 Å². The number of aryl methyl sites for hydroxylation is 1. The lowest BCUT2D eigenvalue weighted by atomic mass is 10.1. The zero-order chi connectivity index (χ0) is 15.3. The second-order valence-corrected chi connectivity index (χ2v) is 5.33. The van der Waals surface area contributed by atoms with E-state index in [-0.39, 0.29) is 18.5 Å². The molecule has 0 unspecified atom stereocenters. The Morgan fingerprint density at radius 2 is 1.50 bits per heavy atom. The number of aromatic nitrogens is 2. The first-order valence-electron chi connectivity index (χ1n) is 7.04. The summed E-state index contributed by atoms with van der Waals surface area (Å²) in [6, 6.07) is 14.7. The van der Waals surface area contributed by atoms with Crippen LogP contribution in [0.3, 0.4) is 0 Å². The third kappa shape index (κ3) is 1.69. The molecule has 0 N–H and O–H groups in total. The number of amides is 2. The molecule has 108 valence electrons. The first kappa shape index (κ1) is 12.8. The highest BCUT2D eigenvalue weighted by Gasteiger charge is 2.35. The normalized spacial score (nSPS) is 14.0. The van der Waals surface area contributed by atoms with Gasteiger partial charge in [-0.1, -0.05) is 30.3 Å².